The number of aromatic carboxylic acids is 1. The summed E-state index contributed by atoms with van der Waals surface area (Å²) in [6.45, 7) is 0. The lowest BCUT2D eigenvalue weighted by atomic mass is 10.0. The van der Waals surface area contributed by atoms with Crippen molar-refractivity contribution in [2.24, 2.45) is 0 Å². The van der Waals surface area contributed by atoms with Gasteiger partial charge in [0.25, 0.3) is 0 Å². The fourth-order valence-corrected chi connectivity index (χ4v) is 2.60. The number of amides is 1. The van der Waals surface area contributed by atoms with E-state index in [1.165, 1.54) is 7.05 Å². The molecule has 1 atom stereocenters. The largest absolute Gasteiger partial charge is 0.477 e. The Kier molecular flexibility index (Phi) is 4.98. The molecule has 7 heteroatoms. The number of benzene rings is 2. The Bertz CT molecular complexity index is 907. The molecule has 26 heavy (non-hydrogen) atoms. The van der Waals surface area contributed by atoms with Crippen molar-refractivity contribution < 1.29 is 19.2 Å². The molecule has 132 valence electrons. The van der Waals surface area contributed by atoms with E-state index in [0.29, 0.717) is 11.1 Å². The van der Waals surface area contributed by atoms with Crippen LogP contribution in [0.15, 0.2) is 65.2 Å². The van der Waals surface area contributed by atoms with E-state index in [0.717, 1.165) is 0 Å². The Morgan fingerprint density at radius 3 is 2.23 bits per heavy atom. The average molecular weight is 351 g/mol. The van der Waals surface area contributed by atoms with Gasteiger partial charge in [0.05, 0.1) is 0 Å². The summed E-state index contributed by atoms with van der Waals surface area (Å²) < 4.78 is 5.27. The maximum atomic E-state index is 12.3. The van der Waals surface area contributed by atoms with Crippen molar-refractivity contribution in [3.8, 4) is 11.3 Å². The van der Waals surface area contributed by atoms with Crippen LogP contribution in [0.4, 0.5) is 5.82 Å². The number of aromatic nitrogens is 1. The number of hydrogen-bond acceptors (Lipinski definition) is 5. The van der Waals surface area contributed by atoms with E-state index in [-0.39, 0.29) is 23.0 Å². The first kappa shape index (κ1) is 17.2. The summed E-state index contributed by atoms with van der Waals surface area (Å²) in [5.41, 5.74) is 1.13. The zero-order valence-electron chi connectivity index (χ0n) is 14.0. The lowest BCUT2D eigenvalue weighted by Crippen LogP contribution is -2.31. The second-order valence-corrected chi connectivity index (χ2v) is 5.51. The highest BCUT2D eigenvalue weighted by molar-refractivity contribution is 6.00. The van der Waals surface area contributed by atoms with Crippen LogP contribution < -0.4 is 10.6 Å². The van der Waals surface area contributed by atoms with Crippen LogP contribution in [0.1, 0.15) is 22.0 Å². The van der Waals surface area contributed by atoms with E-state index in [9.17, 15) is 14.7 Å². The fraction of sp³-hybridized carbons (Fsp3) is 0.105. The van der Waals surface area contributed by atoms with Crippen LogP contribution in [0.25, 0.3) is 11.3 Å². The summed E-state index contributed by atoms with van der Waals surface area (Å²) in [6, 6.07) is 17.0. The number of hydrogen-bond donors (Lipinski definition) is 3. The van der Waals surface area contributed by atoms with Crippen molar-refractivity contribution in [3.63, 3.8) is 0 Å². The standard InChI is InChI=1S/C19H17N3O4/c1-20-18(23)15(12-8-4-2-5-9-12)21-17-14(19(24)25)16(26-22-17)13-10-6-3-7-11-13/h2-11,15H,1H3,(H,20,23)(H,21,22)(H,24,25). The van der Waals surface area contributed by atoms with Crippen molar-refractivity contribution in [3.05, 3.63) is 71.8 Å². The molecule has 3 N–H and O–H groups in total. The Morgan fingerprint density at radius 2 is 1.65 bits per heavy atom. The molecule has 0 aliphatic carbocycles. The minimum absolute atomic E-state index is 0.00574. The minimum atomic E-state index is -1.20. The molecule has 1 aromatic heterocycles. The van der Waals surface area contributed by atoms with Crippen molar-refractivity contribution in [1.29, 1.82) is 0 Å². The number of carbonyl (C=O) groups excluding carboxylic acids is 1. The second-order valence-electron chi connectivity index (χ2n) is 5.51. The number of anilines is 1. The summed E-state index contributed by atoms with van der Waals surface area (Å²) in [6.07, 6.45) is 0. The number of carbonyl (C=O) groups is 2. The van der Waals surface area contributed by atoms with E-state index in [1.54, 1.807) is 48.5 Å². The third kappa shape index (κ3) is 3.41. The third-order valence-corrected chi connectivity index (χ3v) is 3.86. The van der Waals surface area contributed by atoms with Crippen molar-refractivity contribution in [1.82, 2.24) is 10.5 Å². The van der Waals surface area contributed by atoms with Crippen molar-refractivity contribution >= 4 is 17.7 Å². The van der Waals surface area contributed by atoms with Crippen LogP contribution in [-0.2, 0) is 4.79 Å². The fourth-order valence-electron chi connectivity index (χ4n) is 2.60. The molecular formula is C19H17N3O4. The molecule has 0 radical (unpaired) electrons. The molecule has 0 aliphatic heterocycles. The highest BCUT2D eigenvalue weighted by atomic mass is 16.5. The summed E-state index contributed by atoms with van der Waals surface area (Å²) in [5, 5.41) is 18.9. The molecule has 0 spiro atoms. The van der Waals surface area contributed by atoms with E-state index >= 15 is 0 Å². The van der Waals surface area contributed by atoms with Crippen LogP contribution >= 0.6 is 0 Å². The van der Waals surface area contributed by atoms with E-state index in [2.05, 4.69) is 15.8 Å². The smallest absolute Gasteiger partial charge is 0.343 e. The Balaban J connectivity index is 2.02. The minimum Gasteiger partial charge on any atom is -0.477 e. The molecule has 7 nitrogen and oxygen atoms in total. The van der Waals surface area contributed by atoms with Gasteiger partial charge in [0.2, 0.25) is 5.91 Å². The summed E-state index contributed by atoms with van der Waals surface area (Å²) >= 11 is 0. The van der Waals surface area contributed by atoms with Crippen LogP contribution in [0.3, 0.4) is 0 Å². The van der Waals surface area contributed by atoms with E-state index in [1.807, 2.05) is 12.1 Å². The number of rotatable bonds is 6. The molecule has 0 saturated carbocycles. The first-order valence-electron chi connectivity index (χ1n) is 7.93. The lowest BCUT2D eigenvalue weighted by Gasteiger charge is -2.17. The zero-order valence-corrected chi connectivity index (χ0v) is 14.0. The van der Waals surface area contributed by atoms with Gasteiger partial charge in [-0.05, 0) is 5.56 Å². The van der Waals surface area contributed by atoms with Crippen LogP contribution in [0.2, 0.25) is 0 Å². The Hall–Kier alpha value is -3.61. The topological polar surface area (TPSA) is 104 Å². The Labute approximate surface area is 149 Å². The molecular weight excluding hydrogens is 334 g/mol. The number of nitrogens with one attached hydrogen (secondary N) is 2. The molecule has 1 unspecified atom stereocenters. The van der Waals surface area contributed by atoms with Crippen LogP contribution in [0.5, 0.6) is 0 Å². The molecule has 0 aliphatic rings. The van der Waals surface area contributed by atoms with Crippen molar-refractivity contribution in [2.45, 2.75) is 6.04 Å². The predicted molar refractivity (Wildman–Crippen MR) is 95.8 cm³/mol. The van der Waals surface area contributed by atoms with E-state index < -0.39 is 12.0 Å². The van der Waals surface area contributed by atoms with Crippen LogP contribution in [0, 0.1) is 0 Å². The first-order valence-corrected chi connectivity index (χ1v) is 7.93. The van der Waals surface area contributed by atoms with Gasteiger partial charge in [-0.2, -0.15) is 0 Å². The quantitative estimate of drug-likeness (QED) is 0.631. The Morgan fingerprint density at radius 1 is 1.04 bits per heavy atom. The van der Waals surface area contributed by atoms with Gasteiger partial charge >= 0.3 is 5.97 Å². The number of carboxylic acid groups (broad SMARTS) is 1. The molecule has 0 bridgehead atoms. The number of likely N-dealkylation sites (N-methyl/N-ethyl adjacent to an activating group) is 1. The molecule has 3 aromatic rings. The van der Waals surface area contributed by atoms with Gasteiger partial charge < -0.3 is 20.3 Å². The molecule has 1 heterocycles. The molecule has 3 rings (SSSR count). The zero-order chi connectivity index (χ0) is 18.5. The van der Waals surface area contributed by atoms with Gasteiger partial charge in [-0.25, -0.2) is 4.79 Å². The van der Waals surface area contributed by atoms with Gasteiger partial charge in [0.15, 0.2) is 17.1 Å². The monoisotopic (exact) mass is 351 g/mol. The number of carboxylic acids is 1. The van der Waals surface area contributed by atoms with Gasteiger partial charge in [0, 0.05) is 12.6 Å². The molecule has 0 saturated heterocycles. The summed E-state index contributed by atoms with van der Waals surface area (Å²) in [5.74, 6) is -1.40. The SMILES string of the molecule is CNC(=O)C(Nc1noc(-c2ccccc2)c1C(=O)O)c1ccccc1. The molecule has 1 amide bonds. The van der Waals surface area contributed by atoms with Gasteiger partial charge in [0.1, 0.15) is 6.04 Å². The van der Waals surface area contributed by atoms with Crippen LogP contribution in [-0.4, -0.2) is 29.2 Å². The number of nitrogens with zero attached hydrogens (tertiary/aromatic N) is 1. The highest BCUT2D eigenvalue weighted by Gasteiger charge is 2.28. The predicted octanol–water partition coefficient (Wildman–Crippen LogP) is 2.94. The second kappa shape index (κ2) is 7.52. The average Bonchev–Trinajstić information content (AvgIpc) is 3.11. The maximum Gasteiger partial charge on any atom is 0.343 e. The van der Waals surface area contributed by atoms with Gasteiger partial charge in [-0.3, -0.25) is 4.79 Å². The summed E-state index contributed by atoms with van der Waals surface area (Å²) in [7, 11) is 1.51. The third-order valence-electron chi connectivity index (χ3n) is 3.86. The lowest BCUT2D eigenvalue weighted by molar-refractivity contribution is -0.121. The van der Waals surface area contributed by atoms with E-state index in [4.69, 9.17) is 4.52 Å². The first-order chi connectivity index (χ1) is 12.6. The normalized spacial score (nSPS) is 11.6. The van der Waals surface area contributed by atoms with Gasteiger partial charge in [-0.15, -0.1) is 0 Å². The highest BCUT2D eigenvalue weighted by Crippen LogP contribution is 2.31. The molecule has 0 fully saturated rings. The van der Waals surface area contributed by atoms with Crippen molar-refractivity contribution in [2.75, 3.05) is 12.4 Å². The maximum absolute atomic E-state index is 12.3. The molecule has 2 aromatic carbocycles. The summed E-state index contributed by atoms with van der Waals surface area (Å²) in [4.78, 5) is 24.1. The van der Waals surface area contributed by atoms with Gasteiger partial charge in [-0.1, -0.05) is 65.8 Å².